The molecule has 1 N–H and O–H groups in total. The minimum atomic E-state index is -0.695. The van der Waals surface area contributed by atoms with E-state index >= 15 is 0 Å². The van der Waals surface area contributed by atoms with E-state index in [1.54, 1.807) is 30.5 Å². The molecule has 1 amide bonds. The molecular weight excluding hydrogens is 330 g/mol. The molecule has 25 heavy (non-hydrogen) atoms. The number of hydrogen-bond donors (Lipinski definition) is 1. The summed E-state index contributed by atoms with van der Waals surface area (Å²) in [7, 11) is 1.83. The van der Waals surface area contributed by atoms with Gasteiger partial charge in [-0.3, -0.25) is 4.79 Å². The molecule has 0 fully saturated rings. The van der Waals surface area contributed by atoms with Gasteiger partial charge in [0.15, 0.2) is 0 Å². The van der Waals surface area contributed by atoms with E-state index in [9.17, 15) is 9.90 Å². The molecule has 2 aromatic rings. The summed E-state index contributed by atoms with van der Waals surface area (Å²) < 4.78 is 0. The van der Waals surface area contributed by atoms with Gasteiger partial charge in [0.25, 0.3) is 5.91 Å². The van der Waals surface area contributed by atoms with Crippen molar-refractivity contribution in [1.29, 1.82) is 0 Å². The van der Waals surface area contributed by atoms with Crippen LogP contribution in [0, 0.1) is 0 Å². The van der Waals surface area contributed by atoms with Crippen molar-refractivity contribution in [2.75, 3.05) is 13.3 Å². The molecule has 134 valence electrons. The lowest BCUT2D eigenvalue weighted by Crippen LogP contribution is -2.26. The highest BCUT2D eigenvalue weighted by molar-refractivity contribution is 7.98. The third kappa shape index (κ3) is 6.22. The van der Waals surface area contributed by atoms with E-state index in [4.69, 9.17) is 0 Å². The van der Waals surface area contributed by atoms with Gasteiger partial charge in [-0.25, -0.2) is 0 Å². The first-order valence-electron chi connectivity index (χ1n) is 8.48. The van der Waals surface area contributed by atoms with Gasteiger partial charge in [-0.1, -0.05) is 24.3 Å². The Kier molecular flexibility index (Phi) is 6.68. The summed E-state index contributed by atoms with van der Waals surface area (Å²) in [4.78, 5) is 15.7. The van der Waals surface area contributed by atoms with Crippen molar-refractivity contribution in [2.45, 2.75) is 43.7 Å². The molecule has 3 nitrogen and oxygen atoms in total. The number of rotatable bonds is 7. The van der Waals surface area contributed by atoms with Crippen LogP contribution in [0.4, 0.5) is 0 Å². The van der Waals surface area contributed by atoms with Crippen molar-refractivity contribution in [3.8, 4) is 0 Å². The summed E-state index contributed by atoms with van der Waals surface area (Å²) in [6.45, 7) is 4.19. The smallest absolute Gasteiger partial charge is 0.253 e. The molecule has 0 aromatic heterocycles. The van der Waals surface area contributed by atoms with E-state index in [0.29, 0.717) is 18.5 Å². The molecular formula is C21H27NO2S. The van der Waals surface area contributed by atoms with Crippen LogP contribution in [0.3, 0.4) is 0 Å². The molecule has 0 aliphatic heterocycles. The SMILES string of the molecule is CSc1cccc(CN(C)C(=O)c2cccc(CCC(C)(C)O)c2)c1. The van der Waals surface area contributed by atoms with Gasteiger partial charge in [-0.15, -0.1) is 11.8 Å². The average molecular weight is 358 g/mol. The van der Waals surface area contributed by atoms with Crippen molar-refractivity contribution in [1.82, 2.24) is 4.90 Å². The third-order valence-corrected chi connectivity index (χ3v) is 4.83. The highest BCUT2D eigenvalue weighted by atomic mass is 32.2. The molecule has 0 heterocycles. The molecule has 4 heteroatoms. The zero-order chi connectivity index (χ0) is 18.4. The quantitative estimate of drug-likeness (QED) is 0.748. The monoisotopic (exact) mass is 357 g/mol. The van der Waals surface area contributed by atoms with E-state index in [1.807, 2.05) is 49.7 Å². The zero-order valence-electron chi connectivity index (χ0n) is 15.5. The minimum absolute atomic E-state index is 0.0136. The van der Waals surface area contributed by atoms with Crippen molar-refractivity contribution >= 4 is 17.7 Å². The van der Waals surface area contributed by atoms with Crippen LogP contribution >= 0.6 is 11.8 Å². The first-order valence-corrected chi connectivity index (χ1v) is 9.71. The van der Waals surface area contributed by atoms with E-state index in [-0.39, 0.29) is 5.91 Å². The Morgan fingerprint density at radius 1 is 1.12 bits per heavy atom. The maximum atomic E-state index is 12.7. The van der Waals surface area contributed by atoms with Crippen LogP contribution in [0.5, 0.6) is 0 Å². The van der Waals surface area contributed by atoms with Crippen LogP contribution in [-0.4, -0.2) is 34.8 Å². The number of aliphatic hydroxyl groups is 1. The number of hydrogen-bond acceptors (Lipinski definition) is 3. The molecule has 2 rings (SSSR count). The van der Waals surface area contributed by atoms with Crippen molar-refractivity contribution in [3.05, 3.63) is 65.2 Å². The second-order valence-corrected chi connectivity index (χ2v) is 7.91. The topological polar surface area (TPSA) is 40.5 Å². The molecule has 0 aliphatic carbocycles. The minimum Gasteiger partial charge on any atom is -0.390 e. The van der Waals surface area contributed by atoms with E-state index < -0.39 is 5.60 Å². The predicted octanol–water partition coefficient (Wildman–Crippen LogP) is 4.38. The molecule has 0 spiro atoms. The van der Waals surface area contributed by atoms with Crippen LogP contribution in [0.1, 0.15) is 41.8 Å². The maximum Gasteiger partial charge on any atom is 0.253 e. The van der Waals surface area contributed by atoms with Gasteiger partial charge >= 0.3 is 0 Å². The second kappa shape index (κ2) is 8.54. The van der Waals surface area contributed by atoms with Gasteiger partial charge in [-0.2, -0.15) is 0 Å². The van der Waals surface area contributed by atoms with E-state index in [2.05, 4.69) is 12.1 Å². The lowest BCUT2D eigenvalue weighted by Gasteiger charge is -2.19. The molecule has 0 saturated carbocycles. The third-order valence-electron chi connectivity index (χ3n) is 4.10. The largest absolute Gasteiger partial charge is 0.390 e. The van der Waals surface area contributed by atoms with Crippen molar-refractivity contribution in [2.24, 2.45) is 0 Å². The van der Waals surface area contributed by atoms with Gasteiger partial charge in [0.05, 0.1) is 5.60 Å². The molecule has 0 bridgehead atoms. The Hall–Kier alpha value is -1.78. The lowest BCUT2D eigenvalue weighted by molar-refractivity contribution is 0.0714. The first kappa shape index (κ1) is 19.5. The standard InChI is InChI=1S/C21H27NO2S/c1-21(2,24)12-11-16-7-5-9-18(13-16)20(23)22(3)15-17-8-6-10-19(14-17)25-4/h5-10,13-14,24H,11-12,15H2,1-4H3. The van der Waals surface area contributed by atoms with E-state index in [0.717, 1.165) is 17.5 Å². The Morgan fingerprint density at radius 3 is 2.48 bits per heavy atom. The number of carbonyl (C=O) groups excluding carboxylic acids is 1. The fraction of sp³-hybridized carbons (Fsp3) is 0.381. The van der Waals surface area contributed by atoms with Crippen LogP contribution < -0.4 is 0 Å². The second-order valence-electron chi connectivity index (χ2n) is 7.03. The van der Waals surface area contributed by atoms with E-state index in [1.165, 1.54) is 4.90 Å². The Morgan fingerprint density at radius 2 is 1.80 bits per heavy atom. The average Bonchev–Trinajstić information content (AvgIpc) is 2.59. The highest BCUT2D eigenvalue weighted by Crippen LogP contribution is 2.18. The number of carbonyl (C=O) groups is 1. The Labute approximate surface area is 155 Å². The van der Waals surface area contributed by atoms with Crippen molar-refractivity contribution in [3.63, 3.8) is 0 Å². The molecule has 0 unspecified atom stereocenters. The molecule has 0 atom stereocenters. The Balaban J connectivity index is 2.06. The summed E-state index contributed by atoms with van der Waals surface area (Å²) in [6.07, 6.45) is 3.47. The number of thioether (sulfide) groups is 1. The molecule has 0 saturated heterocycles. The van der Waals surface area contributed by atoms with Gasteiger partial charge < -0.3 is 10.0 Å². The fourth-order valence-electron chi connectivity index (χ4n) is 2.65. The fourth-order valence-corrected chi connectivity index (χ4v) is 3.13. The van der Waals surface area contributed by atoms with Gasteiger partial charge in [0.1, 0.15) is 0 Å². The van der Waals surface area contributed by atoms with Gasteiger partial charge in [0.2, 0.25) is 0 Å². The normalized spacial score (nSPS) is 11.4. The van der Waals surface area contributed by atoms with Crippen molar-refractivity contribution < 1.29 is 9.90 Å². The maximum absolute atomic E-state index is 12.7. The number of benzene rings is 2. The number of amides is 1. The van der Waals surface area contributed by atoms with Crippen LogP contribution in [0.2, 0.25) is 0 Å². The summed E-state index contributed by atoms with van der Waals surface area (Å²) in [6, 6.07) is 16.0. The predicted molar refractivity (Wildman–Crippen MR) is 105 cm³/mol. The summed E-state index contributed by atoms with van der Waals surface area (Å²) >= 11 is 1.70. The summed E-state index contributed by atoms with van der Waals surface area (Å²) in [5.41, 5.74) is 2.20. The first-order chi connectivity index (χ1) is 11.8. The molecule has 2 aromatic carbocycles. The zero-order valence-corrected chi connectivity index (χ0v) is 16.3. The van der Waals surface area contributed by atoms with Crippen LogP contribution in [0.15, 0.2) is 53.4 Å². The van der Waals surface area contributed by atoms with Gasteiger partial charge in [0, 0.05) is 24.1 Å². The lowest BCUT2D eigenvalue weighted by atomic mass is 9.98. The number of aryl methyl sites for hydroxylation is 1. The van der Waals surface area contributed by atoms with Crippen LogP contribution in [0.25, 0.3) is 0 Å². The van der Waals surface area contributed by atoms with Gasteiger partial charge in [-0.05, 0) is 68.3 Å². The Bertz CT molecular complexity index is 722. The molecule has 0 aliphatic rings. The highest BCUT2D eigenvalue weighted by Gasteiger charge is 2.15. The van der Waals surface area contributed by atoms with Crippen LogP contribution in [-0.2, 0) is 13.0 Å². The summed E-state index contributed by atoms with van der Waals surface area (Å²) in [5.74, 6) is 0.0136. The number of nitrogens with zero attached hydrogens (tertiary/aromatic N) is 1. The summed E-state index contributed by atoms with van der Waals surface area (Å²) in [5, 5.41) is 9.88. The molecule has 0 radical (unpaired) electrons.